The van der Waals surface area contributed by atoms with Crippen LogP contribution in [0.4, 0.5) is 0 Å². The fourth-order valence-electron chi connectivity index (χ4n) is 1.84. The van der Waals surface area contributed by atoms with Crippen LogP contribution in [0, 0.1) is 5.41 Å². The van der Waals surface area contributed by atoms with Crippen molar-refractivity contribution in [2.45, 2.75) is 45.4 Å². The number of unbranched alkanes of at least 4 members (excludes halogenated alkanes) is 1. The highest BCUT2D eigenvalue weighted by Gasteiger charge is 1.98. The smallest absolute Gasteiger partial charge is 0.00892 e. The maximum absolute atomic E-state index is 7.81. The van der Waals surface area contributed by atoms with Crippen molar-refractivity contribution in [2.75, 3.05) is 0 Å². The van der Waals surface area contributed by atoms with E-state index in [0.29, 0.717) is 0 Å². The summed E-state index contributed by atoms with van der Waals surface area (Å²) in [5, 5.41) is 7.81. The van der Waals surface area contributed by atoms with E-state index in [1.807, 2.05) is 6.08 Å². The molecule has 92 valence electrons. The van der Waals surface area contributed by atoms with Gasteiger partial charge >= 0.3 is 0 Å². The predicted molar refractivity (Wildman–Crippen MR) is 76.7 cm³/mol. The van der Waals surface area contributed by atoms with Crippen molar-refractivity contribution >= 4 is 11.8 Å². The van der Waals surface area contributed by atoms with E-state index in [2.05, 4.69) is 37.8 Å². The summed E-state index contributed by atoms with van der Waals surface area (Å²) in [5.74, 6) is 0. The lowest BCUT2D eigenvalue weighted by molar-refractivity contribution is 0.793. The first kappa shape index (κ1) is 13.7. The number of hydrogen-bond donors (Lipinski definition) is 1. The van der Waals surface area contributed by atoms with Gasteiger partial charge in [-0.3, -0.25) is 0 Å². The van der Waals surface area contributed by atoms with Crippen LogP contribution in [0.5, 0.6) is 0 Å². The second kappa shape index (κ2) is 7.83. The zero-order valence-electron chi connectivity index (χ0n) is 10.8. The second-order valence-corrected chi connectivity index (χ2v) is 4.51. The van der Waals surface area contributed by atoms with Crippen molar-refractivity contribution < 1.29 is 0 Å². The molecule has 0 fully saturated rings. The Morgan fingerprint density at radius 3 is 2.41 bits per heavy atom. The first-order valence-corrected chi connectivity index (χ1v) is 6.54. The van der Waals surface area contributed by atoms with Gasteiger partial charge in [0.1, 0.15) is 0 Å². The molecule has 0 radical (unpaired) electrons. The summed E-state index contributed by atoms with van der Waals surface area (Å²) in [4.78, 5) is 0. The van der Waals surface area contributed by atoms with Crippen LogP contribution in [0.3, 0.4) is 0 Å². The van der Waals surface area contributed by atoms with Gasteiger partial charge in [-0.05, 0) is 43.2 Å². The molecule has 1 aromatic carbocycles. The van der Waals surface area contributed by atoms with Crippen LogP contribution in [0.15, 0.2) is 30.8 Å². The van der Waals surface area contributed by atoms with Crippen molar-refractivity contribution in [3.63, 3.8) is 0 Å². The van der Waals surface area contributed by atoms with Gasteiger partial charge in [-0.25, -0.2) is 0 Å². The van der Waals surface area contributed by atoms with Crippen molar-refractivity contribution in [1.29, 1.82) is 5.41 Å². The molecule has 1 N–H and O–H groups in total. The number of benzene rings is 1. The maximum Gasteiger partial charge on any atom is 0.00892 e. The van der Waals surface area contributed by atoms with Gasteiger partial charge in [0.2, 0.25) is 0 Å². The molecule has 0 unspecified atom stereocenters. The van der Waals surface area contributed by atoms with Crippen LogP contribution in [-0.2, 0) is 6.42 Å². The quantitative estimate of drug-likeness (QED) is 0.615. The molecule has 0 amide bonds. The van der Waals surface area contributed by atoms with Gasteiger partial charge in [-0.15, -0.1) is 0 Å². The lowest BCUT2D eigenvalue weighted by Crippen LogP contribution is -1.97. The van der Waals surface area contributed by atoms with Gasteiger partial charge in [0.05, 0.1) is 0 Å². The first-order chi connectivity index (χ1) is 8.26. The summed E-state index contributed by atoms with van der Waals surface area (Å²) >= 11 is 0. The Balaban J connectivity index is 2.25. The molecule has 0 atom stereocenters. The van der Waals surface area contributed by atoms with E-state index in [1.165, 1.54) is 17.5 Å². The standard InChI is InChI=1S/C16H23N/c1-3-5-8-16(17)9-6-7-15-12-10-14(4-2)11-13-15/h4,10-13,17H,2-3,5-9H2,1H3. The fourth-order valence-corrected chi connectivity index (χ4v) is 1.84. The third-order valence-electron chi connectivity index (χ3n) is 2.99. The van der Waals surface area contributed by atoms with Gasteiger partial charge in [0.15, 0.2) is 0 Å². The first-order valence-electron chi connectivity index (χ1n) is 6.54. The Morgan fingerprint density at radius 2 is 1.82 bits per heavy atom. The maximum atomic E-state index is 7.81. The monoisotopic (exact) mass is 229 g/mol. The molecule has 1 rings (SSSR count). The summed E-state index contributed by atoms with van der Waals surface area (Å²) in [6.07, 6.45) is 8.31. The third-order valence-corrected chi connectivity index (χ3v) is 2.99. The average molecular weight is 229 g/mol. The Kier molecular flexibility index (Phi) is 6.31. The fraction of sp³-hybridized carbons (Fsp3) is 0.438. The zero-order valence-corrected chi connectivity index (χ0v) is 10.8. The molecule has 0 spiro atoms. The van der Waals surface area contributed by atoms with Crippen LogP contribution in [0.25, 0.3) is 6.08 Å². The Bertz CT molecular complexity index is 348. The lowest BCUT2D eigenvalue weighted by atomic mass is 10.0. The van der Waals surface area contributed by atoms with Crippen LogP contribution in [0.2, 0.25) is 0 Å². The molecular formula is C16H23N. The third kappa shape index (κ3) is 5.48. The second-order valence-electron chi connectivity index (χ2n) is 4.51. The molecule has 0 saturated carbocycles. The van der Waals surface area contributed by atoms with Crippen molar-refractivity contribution in [3.8, 4) is 0 Å². The highest BCUT2D eigenvalue weighted by atomic mass is 14.4. The summed E-state index contributed by atoms with van der Waals surface area (Å²) in [7, 11) is 0. The van der Waals surface area contributed by atoms with E-state index in [-0.39, 0.29) is 0 Å². The number of nitrogens with one attached hydrogen (secondary N) is 1. The van der Waals surface area contributed by atoms with Crippen molar-refractivity contribution in [2.24, 2.45) is 0 Å². The average Bonchev–Trinajstić information content (AvgIpc) is 2.37. The molecule has 0 aliphatic rings. The van der Waals surface area contributed by atoms with Crippen LogP contribution in [0.1, 0.15) is 50.2 Å². The van der Waals surface area contributed by atoms with Gasteiger partial charge in [-0.2, -0.15) is 0 Å². The molecule has 0 aromatic heterocycles. The number of rotatable bonds is 8. The van der Waals surface area contributed by atoms with Gasteiger partial charge in [0, 0.05) is 5.71 Å². The van der Waals surface area contributed by atoms with Gasteiger partial charge in [0.25, 0.3) is 0 Å². The summed E-state index contributed by atoms with van der Waals surface area (Å²) in [6.45, 7) is 5.92. The molecule has 0 aliphatic heterocycles. The molecule has 0 saturated heterocycles. The van der Waals surface area contributed by atoms with E-state index in [9.17, 15) is 0 Å². The molecule has 1 aromatic rings. The molecule has 1 nitrogen and oxygen atoms in total. The van der Waals surface area contributed by atoms with Gasteiger partial charge in [-0.1, -0.05) is 50.3 Å². The largest absolute Gasteiger partial charge is 0.310 e. The minimum absolute atomic E-state index is 0.912. The van der Waals surface area contributed by atoms with Gasteiger partial charge < -0.3 is 5.41 Å². The van der Waals surface area contributed by atoms with Crippen molar-refractivity contribution in [3.05, 3.63) is 42.0 Å². The predicted octanol–water partition coefficient (Wildman–Crippen LogP) is 4.86. The van der Waals surface area contributed by atoms with E-state index in [0.717, 1.165) is 37.8 Å². The minimum Gasteiger partial charge on any atom is -0.310 e. The van der Waals surface area contributed by atoms with Crippen molar-refractivity contribution in [1.82, 2.24) is 0 Å². The highest BCUT2D eigenvalue weighted by molar-refractivity contribution is 5.81. The Morgan fingerprint density at radius 1 is 1.18 bits per heavy atom. The van der Waals surface area contributed by atoms with E-state index in [4.69, 9.17) is 5.41 Å². The normalized spacial score (nSPS) is 10.2. The van der Waals surface area contributed by atoms with Crippen LogP contribution < -0.4 is 0 Å². The molecule has 0 bridgehead atoms. The lowest BCUT2D eigenvalue weighted by Gasteiger charge is -2.04. The Hall–Kier alpha value is -1.37. The highest BCUT2D eigenvalue weighted by Crippen LogP contribution is 2.10. The zero-order chi connectivity index (χ0) is 12.5. The topological polar surface area (TPSA) is 23.9 Å². The Labute approximate surface area is 105 Å². The summed E-state index contributed by atoms with van der Waals surface area (Å²) in [6, 6.07) is 8.52. The molecule has 0 aliphatic carbocycles. The summed E-state index contributed by atoms with van der Waals surface area (Å²) < 4.78 is 0. The minimum atomic E-state index is 0.912. The molecule has 17 heavy (non-hydrogen) atoms. The number of aryl methyl sites for hydroxylation is 1. The molecule has 0 heterocycles. The van der Waals surface area contributed by atoms with E-state index < -0.39 is 0 Å². The molecular weight excluding hydrogens is 206 g/mol. The van der Waals surface area contributed by atoms with E-state index >= 15 is 0 Å². The van der Waals surface area contributed by atoms with E-state index in [1.54, 1.807) is 0 Å². The van der Waals surface area contributed by atoms with Crippen LogP contribution >= 0.6 is 0 Å². The van der Waals surface area contributed by atoms with Crippen LogP contribution in [-0.4, -0.2) is 5.71 Å². The summed E-state index contributed by atoms with van der Waals surface area (Å²) in [5.41, 5.74) is 3.44. The molecule has 1 heteroatoms. The SMILES string of the molecule is C=Cc1ccc(CCCC(=N)CCCC)cc1. The number of hydrogen-bond acceptors (Lipinski definition) is 1.